The first-order valence-corrected chi connectivity index (χ1v) is 16.3. The molecule has 246 valence electrons. The number of carbonyl (C=O) groups excluding carboxylic acids is 3. The van der Waals surface area contributed by atoms with Gasteiger partial charge < -0.3 is 20.9 Å². The van der Waals surface area contributed by atoms with Gasteiger partial charge in [0.2, 0.25) is 11.8 Å². The number of hydrogen-bond donors (Lipinski definition) is 2. The van der Waals surface area contributed by atoms with Crippen molar-refractivity contribution in [3.05, 3.63) is 149 Å². The number of fused-ring (bicyclic) bond motifs is 1. The van der Waals surface area contributed by atoms with Gasteiger partial charge in [-0.15, -0.1) is 0 Å². The molecule has 5 rings (SSSR count). The number of aromatic nitrogens is 1. The molecule has 0 aliphatic heterocycles. The van der Waals surface area contributed by atoms with Crippen LogP contribution in [-0.2, 0) is 28.9 Å². The summed E-state index contributed by atoms with van der Waals surface area (Å²) in [6.45, 7) is 2.27. The van der Waals surface area contributed by atoms with Gasteiger partial charge in [0.1, 0.15) is 12.1 Å². The van der Waals surface area contributed by atoms with E-state index in [9.17, 15) is 14.4 Å². The molecular weight excluding hydrogens is 598 g/mol. The molecule has 8 nitrogen and oxygen atoms in total. The van der Waals surface area contributed by atoms with Crippen molar-refractivity contribution >= 4 is 28.5 Å². The molecule has 0 saturated heterocycles. The van der Waals surface area contributed by atoms with Crippen LogP contribution in [0.15, 0.2) is 122 Å². The predicted molar refractivity (Wildman–Crippen MR) is 190 cm³/mol. The zero-order chi connectivity index (χ0) is 34.0. The van der Waals surface area contributed by atoms with Crippen molar-refractivity contribution < 1.29 is 14.4 Å². The molecule has 8 heteroatoms. The summed E-state index contributed by atoms with van der Waals surface area (Å²) in [5.41, 5.74) is 10.3. The third kappa shape index (κ3) is 8.52. The van der Waals surface area contributed by atoms with E-state index in [2.05, 4.69) is 16.4 Å². The summed E-state index contributed by atoms with van der Waals surface area (Å²) < 4.78 is 0. The highest BCUT2D eigenvalue weighted by atomic mass is 16.2. The van der Waals surface area contributed by atoms with E-state index in [1.807, 2.05) is 91.9 Å². The molecule has 3 N–H and O–H groups in total. The quantitative estimate of drug-likeness (QED) is 0.180. The third-order valence-corrected chi connectivity index (χ3v) is 8.83. The van der Waals surface area contributed by atoms with Gasteiger partial charge in [0.25, 0.3) is 5.91 Å². The smallest absolute Gasteiger partial charge is 0.254 e. The summed E-state index contributed by atoms with van der Waals surface area (Å²) in [7, 11) is 3.31. The summed E-state index contributed by atoms with van der Waals surface area (Å²) in [5, 5.41) is 5.18. The number of nitrogens with zero attached hydrogens (tertiary/aromatic N) is 3. The van der Waals surface area contributed by atoms with Gasteiger partial charge in [-0.1, -0.05) is 84.9 Å². The van der Waals surface area contributed by atoms with E-state index in [1.54, 1.807) is 44.7 Å². The fourth-order valence-corrected chi connectivity index (χ4v) is 5.91. The summed E-state index contributed by atoms with van der Waals surface area (Å²) in [4.78, 5) is 49.5. The molecule has 4 aromatic carbocycles. The molecular formula is C40H43N5O3. The minimum absolute atomic E-state index is 0.250. The zero-order valence-electron chi connectivity index (χ0n) is 27.8. The second kappa shape index (κ2) is 16.0. The highest BCUT2D eigenvalue weighted by Gasteiger charge is 2.35. The van der Waals surface area contributed by atoms with Gasteiger partial charge in [-0.05, 0) is 70.6 Å². The molecule has 1 heterocycles. The van der Waals surface area contributed by atoms with Gasteiger partial charge in [0, 0.05) is 57.5 Å². The van der Waals surface area contributed by atoms with E-state index in [-0.39, 0.29) is 30.2 Å². The lowest BCUT2D eigenvalue weighted by Gasteiger charge is -2.35. The summed E-state index contributed by atoms with van der Waals surface area (Å²) in [6.07, 6.45) is 4.67. The van der Waals surface area contributed by atoms with Crippen molar-refractivity contribution in [1.82, 2.24) is 20.1 Å². The topological polar surface area (TPSA) is 109 Å². The van der Waals surface area contributed by atoms with Crippen LogP contribution < -0.4 is 11.1 Å². The van der Waals surface area contributed by atoms with Crippen LogP contribution in [0.4, 0.5) is 0 Å². The molecule has 3 amide bonds. The van der Waals surface area contributed by atoms with Crippen molar-refractivity contribution in [3.63, 3.8) is 0 Å². The molecule has 3 atom stereocenters. The molecule has 0 fully saturated rings. The van der Waals surface area contributed by atoms with E-state index in [4.69, 9.17) is 5.73 Å². The lowest BCUT2D eigenvalue weighted by Crippen LogP contribution is -2.56. The van der Waals surface area contributed by atoms with Crippen molar-refractivity contribution in [3.8, 4) is 0 Å². The zero-order valence-corrected chi connectivity index (χ0v) is 27.8. The van der Waals surface area contributed by atoms with Crippen LogP contribution in [0.25, 0.3) is 10.8 Å². The maximum atomic E-state index is 14.6. The number of likely N-dealkylation sites (N-methyl/N-ethyl adjacent to an activating group) is 2. The summed E-state index contributed by atoms with van der Waals surface area (Å²) in [6, 6.07) is 32.8. The highest BCUT2D eigenvalue weighted by Crippen LogP contribution is 2.22. The standard InChI is InChI=1S/C40H43N5O3/c1-28(41)33-14-9-15-35(27-33)39(47)45(3)37(26-31-16-17-32-12-7-8-13-34(32)24-31)40(48)44(2)36(25-30-10-5-4-6-11-30)38(46)43-23-20-29-18-21-42-22-19-29/h4-19,21-22,24,27-28,36-37H,20,23,25-26,41H2,1-3H3,(H,43,46)/t28?,36-,37-/m1/s1. The fourth-order valence-electron chi connectivity index (χ4n) is 5.91. The Balaban J connectivity index is 1.45. The van der Waals surface area contributed by atoms with E-state index < -0.39 is 12.1 Å². The van der Waals surface area contributed by atoms with Crippen molar-refractivity contribution in [1.29, 1.82) is 0 Å². The molecule has 5 aromatic rings. The number of rotatable bonds is 13. The number of carbonyl (C=O) groups is 3. The summed E-state index contributed by atoms with van der Waals surface area (Å²) in [5.74, 6) is -0.883. The highest BCUT2D eigenvalue weighted by molar-refractivity contribution is 5.98. The second-order valence-electron chi connectivity index (χ2n) is 12.3. The van der Waals surface area contributed by atoms with Crippen LogP contribution in [0.2, 0.25) is 0 Å². The van der Waals surface area contributed by atoms with Crippen molar-refractivity contribution in [2.45, 2.75) is 44.3 Å². The van der Waals surface area contributed by atoms with Gasteiger partial charge in [-0.25, -0.2) is 0 Å². The Morgan fingerprint density at radius 2 is 1.40 bits per heavy atom. The lowest BCUT2D eigenvalue weighted by atomic mass is 9.97. The molecule has 0 aliphatic rings. The molecule has 0 radical (unpaired) electrons. The van der Waals surface area contributed by atoms with E-state index >= 15 is 0 Å². The Bertz CT molecular complexity index is 1840. The molecule has 0 aliphatic carbocycles. The van der Waals surface area contributed by atoms with Crippen LogP contribution >= 0.6 is 0 Å². The summed E-state index contributed by atoms with van der Waals surface area (Å²) >= 11 is 0. The fraction of sp³-hybridized carbons (Fsp3) is 0.250. The number of benzene rings is 4. The van der Waals surface area contributed by atoms with Crippen LogP contribution in [-0.4, -0.2) is 65.2 Å². The van der Waals surface area contributed by atoms with Crippen LogP contribution in [0, 0.1) is 0 Å². The van der Waals surface area contributed by atoms with Gasteiger partial charge in [0.05, 0.1) is 0 Å². The van der Waals surface area contributed by atoms with Crippen molar-refractivity contribution in [2.24, 2.45) is 5.73 Å². The maximum Gasteiger partial charge on any atom is 0.254 e. The first-order valence-electron chi connectivity index (χ1n) is 16.3. The minimum atomic E-state index is -0.884. The monoisotopic (exact) mass is 641 g/mol. The first kappa shape index (κ1) is 34.0. The number of nitrogens with one attached hydrogen (secondary N) is 1. The molecule has 1 aromatic heterocycles. The number of pyridine rings is 1. The molecule has 0 saturated carbocycles. The molecule has 48 heavy (non-hydrogen) atoms. The number of amides is 3. The lowest BCUT2D eigenvalue weighted by molar-refractivity contribution is -0.142. The van der Waals surface area contributed by atoms with Gasteiger partial charge in [-0.3, -0.25) is 19.4 Å². The van der Waals surface area contributed by atoms with Crippen LogP contribution in [0.5, 0.6) is 0 Å². The van der Waals surface area contributed by atoms with Gasteiger partial charge in [-0.2, -0.15) is 0 Å². The third-order valence-electron chi connectivity index (χ3n) is 8.83. The van der Waals surface area contributed by atoms with Gasteiger partial charge in [0.15, 0.2) is 0 Å². The molecule has 1 unspecified atom stereocenters. The Kier molecular flexibility index (Phi) is 11.3. The Labute approximate surface area is 282 Å². The average molecular weight is 642 g/mol. The Morgan fingerprint density at radius 3 is 2.12 bits per heavy atom. The Hall–Kier alpha value is -5.34. The van der Waals surface area contributed by atoms with E-state index in [1.165, 1.54) is 9.80 Å². The maximum absolute atomic E-state index is 14.6. The molecule has 0 bridgehead atoms. The van der Waals surface area contributed by atoms with Crippen LogP contribution in [0.3, 0.4) is 0 Å². The SMILES string of the molecule is CC(N)c1cccc(C(=O)N(C)[C@H](Cc2ccc3ccccc3c2)C(=O)N(C)[C@H](Cc2ccccc2)C(=O)NCCc2ccncc2)c1. The largest absolute Gasteiger partial charge is 0.354 e. The van der Waals surface area contributed by atoms with Crippen molar-refractivity contribution in [2.75, 3.05) is 20.6 Å². The molecule has 0 spiro atoms. The second-order valence-corrected chi connectivity index (χ2v) is 12.3. The average Bonchev–Trinajstić information content (AvgIpc) is 3.12. The number of hydrogen-bond acceptors (Lipinski definition) is 5. The van der Waals surface area contributed by atoms with Gasteiger partial charge >= 0.3 is 0 Å². The minimum Gasteiger partial charge on any atom is -0.354 e. The van der Waals surface area contributed by atoms with E-state index in [0.29, 0.717) is 24.9 Å². The normalized spacial score (nSPS) is 12.9. The first-order chi connectivity index (χ1) is 23.2. The predicted octanol–water partition coefficient (Wildman–Crippen LogP) is 5.37. The number of nitrogens with two attached hydrogens (primary N) is 1. The van der Waals surface area contributed by atoms with Crippen LogP contribution in [0.1, 0.15) is 45.6 Å². The van der Waals surface area contributed by atoms with E-state index in [0.717, 1.165) is 33.0 Å². The Morgan fingerprint density at radius 1 is 0.708 bits per heavy atom.